The number of hydrogen-bond donors (Lipinski definition) is 2. The summed E-state index contributed by atoms with van der Waals surface area (Å²) >= 11 is 0. The summed E-state index contributed by atoms with van der Waals surface area (Å²) in [6, 6.07) is 0.0745. The Morgan fingerprint density at radius 1 is 1.30 bits per heavy atom. The summed E-state index contributed by atoms with van der Waals surface area (Å²) in [7, 11) is 0. The summed E-state index contributed by atoms with van der Waals surface area (Å²) in [5, 5.41) is 16.7. The van der Waals surface area contributed by atoms with E-state index in [0.29, 0.717) is 31.9 Å². The van der Waals surface area contributed by atoms with E-state index in [0.717, 1.165) is 32.1 Å². The monoisotopic (exact) mass is 420 g/mol. The van der Waals surface area contributed by atoms with Crippen molar-refractivity contribution < 1.29 is 24.2 Å². The van der Waals surface area contributed by atoms with E-state index in [1.54, 1.807) is 6.20 Å². The van der Waals surface area contributed by atoms with Crippen LogP contribution in [0.4, 0.5) is 0 Å². The van der Waals surface area contributed by atoms with Crippen molar-refractivity contribution in [2.24, 2.45) is 11.1 Å². The van der Waals surface area contributed by atoms with Crippen LogP contribution in [0.25, 0.3) is 0 Å². The van der Waals surface area contributed by atoms with Gasteiger partial charge in [0.1, 0.15) is 12.6 Å². The molecule has 11 nitrogen and oxygen atoms in total. The SMILES string of the molecule is NC(=O)CN(Cc1cn(CC(=O)O)nn1)C1CCN(C(=O)C2CC3(CC3)CO2)CC1. The minimum atomic E-state index is -1.00. The highest BCUT2D eigenvalue weighted by Gasteiger charge is 2.52. The first-order chi connectivity index (χ1) is 14.3. The minimum Gasteiger partial charge on any atom is -0.480 e. The van der Waals surface area contributed by atoms with Crippen molar-refractivity contribution in [1.82, 2.24) is 24.8 Å². The van der Waals surface area contributed by atoms with Crippen molar-refractivity contribution in [3.05, 3.63) is 11.9 Å². The molecule has 1 atom stereocenters. The first-order valence-corrected chi connectivity index (χ1v) is 10.4. The zero-order valence-electron chi connectivity index (χ0n) is 16.9. The van der Waals surface area contributed by atoms with E-state index in [-0.39, 0.29) is 36.6 Å². The number of nitrogens with two attached hydrogens (primary N) is 1. The van der Waals surface area contributed by atoms with Crippen molar-refractivity contribution >= 4 is 17.8 Å². The number of ether oxygens (including phenoxy) is 1. The topological polar surface area (TPSA) is 144 Å². The standard InChI is InChI=1S/C19H28N6O5/c20-16(26)10-24(8-13-9-25(22-21-13)11-17(27)28)14-1-5-23(6-2-14)18(29)15-7-19(3-4-19)12-30-15/h9,14-15H,1-8,10-12H2,(H2,20,26)(H,27,28). The largest absolute Gasteiger partial charge is 0.480 e. The number of primary amides is 1. The molecule has 3 N–H and O–H groups in total. The Hall–Kier alpha value is -2.53. The third kappa shape index (κ3) is 4.78. The summed E-state index contributed by atoms with van der Waals surface area (Å²) in [5.74, 6) is -1.37. The number of likely N-dealkylation sites (tertiary alicyclic amines) is 1. The van der Waals surface area contributed by atoms with Gasteiger partial charge in [0.05, 0.1) is 25.0 Å². The number of carboxylic acid groups (broad SMARTS) is 1. The van der Waals surface area contributed by atoms with Gasteiger partial charge >= 0.3 is 5.97 Å². The number of carbonyl (C=O) groups is 3. The molecule has 1 spiro atoms. The van der Waals surface area contributed by atoms with Gasteiger partial charge in [-0.2, -0.15) is 0 Å². The Kier molecular flexibility index (Phi) is 5.74. The summed E-state index contributed by atoms with van der Waals surface area (Å²) in [6.45, 7) is 2.06. The van der Waals surface area contributed by atoms with Gasteiger partial charge in [-0.1, -0.05) is 5.21 Å². The lowest BCUT2D eigenvalue weighted by Gasteiger charge is -2.38. The molecule has 1 aromatic heterocycles. The van der Waals surface area contributed by atoms with Gasteiger partial charge < -0.3 is 20.5 Å². The van der Waals surface area contributed by atoms with Crippen LogP contribution in [-0.2, 0) is 32.2 Å². The first kappa shape index (κ1) is 20.7. The lowest BCUT2D eigenvalue weighted by molar-refractivity contribution is -0.143. The van der Waals surface area contributed by atoms with Gasteiger partial charge in [-0.3, -0.25) is 19.3 Å². The van der Waals surface area contributed by atoms with Gasteiger partial charge in [-0.15, -0.1) is 5.10 Å². The lowest BCUT2D eigenvalue weighted by Crippen LogP contribution is -2.50. The molecule has 164 valence electrons. The number of aliphatic carboxylic acids is 1. The van der Waals surface area contributed by atoms with Crippen molar-refractivity contribution in [2.75, 3.05) is 26.2 Å². The molecule has 2 aliphatic heterocycles. The van der Waals surface area contributed by atoms with E-state index < -0.39 is 11.9 Å². The maximum Gasteiger partial charge on any atom is 0.325 e. The van der Waals surface area contributed by atoms with Crippen molar-refractivity contribution in [1.29, 1.82) is 0 Å². The Bertz CT molecular complexity index is 814. The molecule has 30 heavy (non-hydrogen) atoms. The zero-order valence-corrected chi connectivity index (χ0v) is 16.9. The molecule has 0 aromatic carbocycles. The molecule has 4 rings (SSSR count). The van der Waals surface area contributed by atoms with Crippen LogP contribution >= 0.6 is 0 Å². The van der Waals surface area contributed by atoms with Crippen LogP contribution in [-0.4, -0.2) is 86.1 Å². The van der Waals surface area contributed by atoms with Gasteiger partial charge in [0.15, 0.2) is 0 Å². The highest BCUT2D eigenvalue weighted by atomic mass is 16.5. The fraction of sp³-hybridized carbons (Fsp3) is 0.737. The predicted octanol–water partition coefficient (Wildman–Crippen LogP) is -0.790. The van der Waals surface area contributed by atoms with Crippen molar-refractivity contribution in [3.8, 4) is 0 Å². The van der Waals surface area contributed by atoms with Crippen LogP contribution < -0.4 is 5.73 Å². The Balaban J connectivity index is 1.32. The lowest BCUT2D eigenvalue weighted by atomic mass is 9.99. The van der Waals surface area contributed by atoms with Crippen LogP contribution in [0.2, 0.25) is 0 Å². The molecule has 2 saturated heterocycles. The van der Waals surface area contributed by atoms with E-state index >= 15 is 0 Å². The number of aromatic nitrogens is 3. The number of carboxylic acids is 1. The van der Waals surface area contributed by atoms with Gasteiger partial charge in [-0.05, 0) is 37.5 Å². The summed E-state index contributed by atoms with van der Waals surface area (Å²) < 4.78 is 7.00. The van der Waals surface area contributed by atoms with Gasteiger partial charge in [0.25, 0.3) is 5.91 Å². The number of nitrogens with zero attached hydrogens (tertiary/aromatic N) is 5. The fourth-order valence-corrected chi connectivity index (χ4v) is 4.48. The van der Waals surface area contributed by atoms with Crippen LogP contribution in [0.5, 0.6) is 0 Å². The second-order valence-corrected chi connectivity index (χ2v) is 8.73. The van der Waals surface area contributed by atoms with E-state index in [4.69, 9.17) is 15.6 Å². The number of piperidine rings is 1. The first-order valence-electron chi connectivity index (χ1n) is 10.4. The molecular formula is C19H28N6O5. The molecule has 1 saturated carbocycles. The number of rotatable bonds is 8. The van der Waals surface area contributed by atoms with Crippen molar-refractivity contribution in [3.63, 3.8) is 0 Å². The summed E-state index contributed by atoms with van der Waals surface area (Å²) in [4.78, 5) is 39.0. The van der Waals surface area contributed by atoms with E-state index in [1.807, 2.05) is 9.80 Å². The Morgan fingerprint density at radius 2 is 2.03 bits per heavy atom. The van der Waals surface area contributed by atoms with Gasteiger partial charge in [0, 0.05) is 25.7 Å². The third-order valence-corrected chi connectivity index (χ3v) is 6.34. The third-order valence-electron chi connectivity index (χ3n) is 6.34. The molecule has 1 unspecified atom stereocenters. The van der Waals surface area contributed by atoms with Crippen LogP contribution in [0.3, 0.4) is 0 Å². The average molecular weight is 420 g/mol. The second kappa shape index (κ2) is 8.31. The molecule has 3 aliphatic rings. The molecular weight excluding hydrogens is 392 g/mol. The van der Waals surface area contributed by atoms with E-state index in [1.165, 1.54) is 4.68 Å². The summed E-state index contributed by atoms with van der Waals surface area (Å²) in [5.41, 5.74) is 6.28. The summed E-state index contributed by atoms with van der Waals surface area (Å²) in [6.07, 6.45) is 5.86. The smallest absolute Gasteiger partial charge is 0.325 e. The molecule has 3 heterocycles. The molecule has 1 aliphatic carbocycles. The number of hydrogen-bond acceptors (Lipinski definition) is 7. The van der Waals surface area contributed by atoms with Gasteiger partial charge in [-0.25, -0.2) is 4.68 Å². The zero-order chi connectivity index (χ0) is 21.3. The van der Waals surface area contributed by atoms with Crippen LogP contribution in [0.15, 0.2) is 6.20 Å². The second-order valence-electron chi connectivity index (χ2n) is 8.73. The predicted molar refractivity (Wildman–Crippen MR) is 103 cm³/mol. The molecule has 0 radical (unpaired) electrons. The molecule has 3 fully saturated rings. The highest BCUT2D eigenvalue weighted by molar-refractivity contribution is 5.81. The quantitative estimate of drug-likeness (QED) is 0.557. The fourth-order valence-electron chi connectivity index (χ4n) is 4.48. The minimum absolute atomic E-state index is 0.0681. The van der Waals surface area contributed by atoms with Crippen LogP contribution in [0.1, 0.15) is 37.8 Å². The molecule has 2 amide bonds. The van der Waals surface area contributed by atoms with Crippen molar-refractivity contribution in [2.45, 2.75) is 57.3 Å². The average Bonchev–Trinajstić information content (AvgIpc) is 3.10. The van der Waals surface area contributed by atoms with Crippen LogP contribution in [0, 0.1) is 5.41 Å². The maximum atomic E-state index is 12.8. The van der Waals surface area contributed by atoms with E-state index in [9.17, 15) is 14.4 Å². The highest BCUT2D eigenvalue weighted by Crippen LogP contribution is 2.54. The molecule has 1 aromatic rings. The van der Waals surface area contributed by atoms with E-state index in [2.05, 4.69) is 10.3 Å². The number of amides is 2. The maximum absolute atomic E-state index is 12.8. The number of carbonyl (C=O) groups excluding carboxylic acids is 2. The molecule has 0 bridgehead atoms. The Morgan fingerprint density at radius 3 is 2.63 bits per heavy atom. The normalized spacial score (nSPS) is 23.2. The molecule has 11 heteroatoms. The van der Waals surface area contributed by atoms with Gasteiger partial charge in [0.2, 0.25) is 5.91 Å². The Labute approximate surface area is 174 Å².